The van der Waals surface area contributed by atoms with E-state index in [1.54, 1.807) is 22.3 Å². The summed E-state index contributed by atoms with van der Waals surface area (Å²) in [4.78, 5) is 0. The summed E-state index contributed by atoms with van der Waals surface area (Å²) in [6.45, 7) is 82.7. The Morgan fingerprint density at radius 2 is 0.433 bits per heavy atom. The Kier molecular flexibility index (Phi) is 74.7. The van der Waals surface area contributed by atoms with Crippen LogP contribution in [0.5, 0.6) is 0 Å². The number of hydrogen-bond donors (Lipinski definition) is 0. The average molecular weight is 1840 g/mol. The molecule has 0 aliphatic heterocycles. The molecule has 6 heteroatoms. The Bertz CT molecular complexity index is 3520. The van der Waals surface area contributed by atoms with Gasteiger partial charge in [0.1, 0.15) is 0 Å². The molecule has 762 valence electrons. The molecule has 2 aromatic heterocycles. The van der Waals surface area contributed by atoms with E-state index < -0.39 is 0 Å². The molecule has 0 saturated heterocycles. The van der Waals surface area contributed by atoms with Crippen molar-refractivity contribution in [1.29, 1.82) is 0 Å². The van der Waals surface area contributed by atoms with Gasteiger partial charge in [0.25, 0.3) is 0 Å². The van der Waals surface area contributed by atoms with Gasteiger partial charge in [-0.2, -0.15) is 0 Å². The van der Waals surface area contributed by atoms with E-state index in [2.05, 4.69) is 422 Å². The van der Waals surface area contributed by atoms with Crippen LogP contribution in [0.4, 0.5) is 0 Å². The lowest BCUT2D eigenvalue weighted by Gasteiger charge is -2.12. The van der Waals surface area contributed by atoms with E-state index >= 15 is 0 Å². The maximum Gasteiger partial charge on any atom is 0.0852 e. The van der Waals surface area contributed by atoms with E-state index in [1.165, 1.54) is 250 Å². The third kappa shape index (κ3) is 75.6. The van der Waals surface area contributed by atoms with Gasteiger partial charge in [0.15, 0.2) is 0 Å². The fourth-order valence-corrected chi connectivity index (χ4v) is 14.8. The summed E-state index contributed by atoms with van der Waals surface area (Å²) in [6.07, 6.45) is 46.5. The molecular formula is C128H220N6. The molecular weight excluding hydrogens is 1620 g/mol. The smallest absolute Gasteiger partial charge is 0.0852 e. The molecule has 0 unspecified atom stereocenters. The SMILES string of the molecule is CC(C)CCCCCCC(C)C.CC(C)CCc1ccc(CCC(C)C)cc1.CC(C)CCc1ccc(CCC(C)C)cc1.CC(C)CCc1cccc(CCC(C)C)c1.CC(C)CCc1cccc(CCC(C)C)c1.CC(C)CCc1ccccc1CCC(C)C.CC(C)CCc1ccccc1CCC(C)C.CC(C)CCc1cn(CCC(C)C)nn1.CC(C)c1cn(C(C)C)nn1. The van der Waals surface area contributed by atoms with Crippen molar-refractivity contribution in [3.63, 3.8) is 0 Å². The fraction of sp³-hybridized carbons (Fsp3) is 0.688. The molecule has 0 N–H and O–H groups in total. The average Bonchev–Trinajstić information content (AvgIpc) is 1.62. The summed E-state index contributed by atoms with van der Waals surface area (Å²) in [5.74, 6) is 13.4. The predicted octanol–water partition coefficient (Wildman–Crippen LogP) is 38.7. The van der Waals surface area contributed by atoms with Crippen molar-refractivity contribution in [2.75, 3.05) is 0 Å². The van der Waals surface area contributed by atoms with Crippen LogP contribution in [0.25, 0.3) is 0 Å². The van der Waals surface area contributed by atoms with Gasteiger partial charge in [-0.25, -0.2) is 4.68 Å². The molecule has 6 nitrogen and oxygen atoms in total. The van der Waals surface area contributed by atoms with E-state index in [9.17, 15) is 0 Å². The highest BCUT2D eigenvalue weighted by Gasteiger charge is 2.12. The van der Waals surface area contributed by atoms with Crippen molar-refractivity contribution in [3.05, 3.63) is 236 Å². The molecule has 0 aliphatic rings. The topological polar surface area (TPSA) is 61.4 Å². The van der Waals surface area contributed by atoms with Crippen LogP contribution in [-0.4, -0.2) is 30.0 Å². The minimum absolute atomic E-state index is 0.412. The maximum absolute atomic E-state index is 4.18. The van der Waals surface area contributed by atoms with Gasteiger partial charge in [0.05, 0.1) is 11.4 Å². The molecule has 134 heavy (non-hydrogen) atoms. The minimum Gasteiger partial charge on any atom is -0.252 e. The molecule has 8 rings (SSSR count). The van der Waals surface area contributed by atoms with Crippen LogP contribution >= 0.6 is 0 Å². The van der Waals surface area contributed by atoms with Gasteiger partial charge in [-0.3, -0.25) is 4.68 Å². The molecule has 0 atom stereocenters. The van der Waals surface area contributed by atoms with Gasteiger partial charge in [-0.05, 0) is 355 Å². The highest BCUT2D eigenvalue weighted by molar-refractivity contribution is 5.30. The van der Waals surface area contributed by atoms with Crippen molar-refractivity contribution < 1.29 is 0 Å². The first-order chi connectivity index (χ1) is 63.3. The summed E-state index contributed by atoms with van der Waals surface area (Å²) in [6, 6.07) is 55.0. The molecule has 8 aromatic rings. The molecule has 0 fully saturated rings. The van der Waals surface area contributed by atoms with Crippen LogP contribution in [0, 0.1) is 94.7 Å². The fourth-order valence-electron chi connectivity index (χ4n) is 14.8. The number of unbranched alkanes of at least 4 members (excludes halogenated alkanes) is 3. The number of hydrogen-bond acceptors (Lipinski definition) is 4. The van der Waals surface area contributed by atoms with E-state index in [0.717, 1.165) is 119 Å². The second-order valence-corrected chi connectivity index (χ2v) is 47.2. The van der Waals surface area contributed by atoms with Crippen LogP contribution in [0.2, 0.25) is 0 Å². The first kappa shape index (κ1) is 128. The van der Waals surface area contributed by atoms with Crippen LogP contribution in [0.1, 0.15) is 468 Å². The van der Waals surface area contributed by atoms with E-state index in [4.69, 9.17) is 0 Å². The largest absolute Gasteiger partial charge is 0.252 e. The van der Waals surface area contributed by atoms with Crippen LogP contribution in [0.3, 0.4) is 0 Å². The van der Waals surface area contributed by atoms with Gasteiger partial charge in [0.2, 0.25) is 0 Å². The predicted molar refractivity (Wildman–Crippen MR) is 601 cm³/mol. The second kappa shape index (κ2) is 78.4. The molecule has 6 aromatic carbocycles. The number of aryl methyl sites for hydroxylation is 14. The summed E-state index contributed by atoms with van der Waals surface area (Å²) in [7, 11) is 0. The first-order valence-corrected chi connectivity index (χ1v) is 55.6. The first-order valence-electron chi connectivity index (χ1n) is 55.6. The third-order valence-electron chi connectivity index (χ3n) is 24.8. The Morgan fingerprint density at radius 3 is 0.649 bits per heavy atom. The maximum atomic E-state index is 4.18. The lowest BCUT2D eigenvalue weighted by Crippen LogP contribution is -2.01. The van der Waals surface area contributed by atoms with Crippen LogP contribution < -0.4 is 0 Å². The Morgan fingerprint density at radius 1 is 0.201 bits per heavy atom. The van der Waals surface area contributed by atoms with Gasteiger partial charge in [-0.15, -0.1) is 10.2 Å². The number of rotatable bonds is 51. The summed E-state index contributed by atoms with van der Waals surface area (Å²) in [5.41, 5.74) is 20.5. The normalized spacial score (nSPS) is 11.4. The van der Waals surface area contributed by atoms with Crippen LogP contribution in [-0.2, 0) is 90.0 Å². The van der Waals surface area contributed by atoms with Crippen LogP contribution in [0.15, 0.2) is 158 Å². The Balaban J connectivity index is 0.00000149. The zero-order valence-corrected chi connectivity index (χ0v) is 95.1. The quantitative estimate of drug-likeness (QED) is 0.0357. The monoisotopic (exact) mass is 1840 g/mol. The summed E-state index contributed by atoms with van der Waals surface area (Å²) in [5, 5.41) is 16.4. The van der Waals surface area contributed by atoms with Gasteiger partial charge < -0.3 is 0 Å². The summed E-state index contributed by atoms with van der Waals surface area (Å²) < 4.78 is 3.85. The zero-order chi connectivity index (χ0) is 101. The van der Waals surface area contributed by atoms with Crippen molar-refractivity contribution in [2.45, 2.75) is 480 Å². The summed E-state index contributed by atoms with van der Waals surface area (Å²) >= 11 is 0. The van der Waals surface area contributed by atoms with E-state index in [-0.39, 0.29) is 0 Å². The number of aromatic nitrogens is 6. The van der Waals surface area contributed by atoms with Crippen molar-refractivity contribution in [2.24, 2.45) is 94.7 Å². The van der Waals surface area contributed by atoms with E-state index in [1.807, 2.05) is 15.6 Å². The molecule has 0 amide bonds. The second-order valence-electron chi connectivity index (χ2n) is 47.2. The van der Waals surface area contributed by atoms with Crippen molar-refractivity contribution in [1.82, 2.24) is 30.0 Å². The minimum atomic E-state index is 0.412. The molecule has 0 bridgehead atoms. The molecule has 0 saturated carbocycles. The molecule has 0 aliphatic carbocycles. The molecule has 0 spiro atoms. The molecule has 2 heterocycles. The van der Waals surface area contributed by atoms with Crippen molar-refractivity contribution >= 4 is 0 Å². The molecule has 0 radical (unpaired) electrons. The third-order valence-corrected chi connectivity index (χ3v) is 24.8. The Labute approximate surface area is 835 Å². The van der Waals surface area contributed by atoms with E-state index in [0.29, 0.717) is 12.0 Å². The lowest BCUT2D eigenvalue weighted by molar-refractivity contribution is 0.478. The highest BCUT2D eigenvalue weighted by atomic mass is 15.4. The Hall–Kier alpha value is -6.40. The standard InChI is InChI=1S/6C16H26.C12H23N3.C12H26.C8H15N3/c2*1-13(2)5-7-15-9-11-16(12-10-15)8-6-14(3)4;2*1-13(2)8-10-15-6-5-7-16(12-15)11-9-14(3)4;2*1-13(2)9-11-15-7-5-6-8-16(15)12-10-14(3)4;1-10(2)5-6-12-9-15(14-13-12)8-7-11(3)4;1-11(2)9-7-5-6-8-10-12(3)4;1-6(2)8-5-11(7(3)4)10-9-8/h2*9-14H,5-8H2,1-4H3;2*5-7,12-14H,8-11H2,1-4H3;2*5-8,13-14H,9-12H2,1-4H3;9-11H,5-8H2,1-4H3;11-12H,5-10H2,1-4H3;5-7H,1-4H3. The van der Waals surface area contributed by atoms with Crippen molar-refractivity contribution in [3.8, 4) is 0 Å². The lowest BCUT2D eigenvalue weighted by atomic mass is 9.94. The number of benzene rings is 6. The number of nitrogens with zero attached hydrogens (tertiary/aromatic N) is 6. The van der Waals surface area contributed by atoms with Gasteiger partial charge in [-0.1, -0.05) is 430 Å². The zero-order valence-electron chi connectivity index (χ0n) is 95.1. The van der Waals surface area contributed by atoms with Gasteiger partial charge in [0, 0.05) is 25.0 Å². The highest BCUT2D eigenvalue weighted by Crippen LogP contribution is 2.24. The van der Waals surface area contributed by atoms with Gasteiger partial charge >= 0.3 is 0 Å².